The Morgan fingerprint density at radius 3 is 3.06 bits per heavy atom. The van der Waals surface area contributed by atoms with Gasteiger partial charge < -0.3 is 4.74 Å². The van der Waals surface area contributed by atoms with E-state index in [0.29, 0.717) is 12.1 Å². The van der Waals surface area contributed by atoms with Crippen LogP contribution in [0.25, 0.3) is 0 Å². The molecule has 1 saturated carbocycles. The van der Waals surface area contributed by atoms with Gasteiger partial charge in [0.05, 0.1) is 10.7 Å². The molecule has 1 aromatic heterocycles. The minimum Gasteiger partial charge on any atom is -0.459 e. The lowest BCUT2D eigenvalue weighted by molar-refractivity contribution is -0.497. The summed E-state index contributed by atoms with van der Waals surface area (Å²) in [6.45, 7) is 2.11. The highest BCUT2D eigenvalue weighted by molar-refractivity contribution is 7.09. The summed E-state index contributed by atoms with van der Waals surface area (Å²) in [5.74, 6) is -1.05. The Balaban J connectivity index is 1.79. The number of hydrogen-bond acceptors (Lipinski definition) is 6. The SMILES string of the molecule is CCc1nc(COC(=O)[C@H]2C[C@H]2[N+](=O)[O-])cs1. The van der Waals surface area contributed by atoms with Gasteiger partial charge in [-0.1, -0.05) is 6.92 Å². The van der Waals surface area contributed by atoms with Crippen LogP contribution in [0.15, 0.2) is 5.38 Å². The molecule has 17 heavy (non-hydrogen) atoms. The van der Waals surface area contributed by atoms with Crippen molar-refractivity contribution in [3.63, 3.8) is 0 Å². The molecule has 1 heterocycles. The van der Waals surface area contributed by atoms with E-state index in [1.54, 1.807) is 0 Å². The third-order valence-electron chi connectivity index (χ3n) is 2.59. The normalized spacial score (nSPS) is 22.2. The van der Waals surface area contributed by atoms with Crippen molar-refractivity contribution in [1.29, 1.82) is 0 Å². The molecule has 1 fully saturated rings. The molecule has 1 aromatic rings. The topological polar surface area (TPSA) is 82.3 Å². The molecule has 2 rings (SSSR count). The molecule has 92 valence electrons. The van der Waals surface area contributed by atoms with Crippen LogP contribution in [0.3, 0.4) is 0 Å². The van der Waals surface area contributed by atoms with Gasteiger partial charge in [-0.25, -0.2) is 4.98 Å². The molecular weight excluding hydrogens is 244 g/mol. The van der Waals surface area contributed by atoms with Crippen molar-refractivity contribution in [2.45, 2.75) is 32.4 Å². The van der Waals surface area contributed by atoms with Gasteiger partial charge in [-0.15, -0.1) is 11.3 Å². The van der Waals surface area contributed by atoms with Gasteiger partial charge in [-0.3, -0.25) is 14.9 Å². The summed E-state index contributed by atoms with van der Waals surface area (Å²) in [6, 6.07) is -0.746. The first-order valence-electron chi connectivity index (χ1n) is 5.35. The Bertz CT molecular complexity index is 445. The summed E-state index contributed by atoms with van der Waals surface area (Å²) >= 11 is 1.52. The maximum atomic E-state index is 11.4. The number of ether oxygens (including phenoxy) is 1. The summed E-state index contributed by atoms with van der Waals surface area (Å²) < 4.78 is 4.99. The van der Waals surface area contributed by atoms with Gasteiger partial charge in [0, 0.05) is 16.7 Å². The predicted molar refractivity (Wildman–Crippen MR) is 60.2 cm³/mol. The molecule has 0 N–H and O–H groups in total. The van der Waals surface area contributed by atoms with Crippen LogP contribution in [0, 0.1) is 16.0 Å². The smallest absolute Gasteiger partial charge is 0.316 e. The highest BCUT2D eigenvalue weighted by Crippen LogP contribution is 2.34. The fourth-order valence-corrected chi connectivity index (χ4v) is 2.23. The van der Waals surface area contributed by atoms with E-state index < -0.39 is 22.9 Å². The van der Waals surface area contributed by atoms with Crippen LogP contribution in [0.2, 0.25) is 0 Å². The zero-order valence-electron chi connectivity index (χ0n) is 9.29. The summed E-state index contributed by atoms with van der Waals surface area (Å²) in [6.07, 6.45) is 1.15. The summed E-state index contributed by atoms with van der Waals surface area (Å²) in [7, 11) is 0. The van der Waals surface area contributed by atoms with Crippen molar-refractivity contribution >= 4 is 17.3 Å². The van der Waals surface area contributed by atoms with Gasteiger partial charge in [-0.05, 0) is 6.42 Å². The van der Waals surface area contributed by atoms with Gasteiger partial charge in [-0.2, -0.15) is 0 Å². The Hall–Kier alpha value is -1.50. The molecular formula is C10H12N2O4S. The highest BCUT2D eigenvalue weighted by Gasteiger charge is 2.54. The first-order valence-corrected chi connectivity index (χ1v) is 6.23. The van der Waals surface area contributed by atoms with Crippen molar-refractivity contribution in [2.75, 3.05) is 0 Å². The van der Waals surface area contributed by atoms with E-state index in [1.807, 2.05) is 12.3 Å². The predicted octanol–water partition coefficient (Wildman–Crippen LogP) is 1.41. The van der Waals surface area contributed by atoms with E-state index in [9.17, 15) is 14.9 Å². The lowest BCUT2D eigenvalue weighted by Crippen LogP contribution is -2.13. The molecule has 0 bridgehead atoms. The van der Waals surface area contributed by atoms with Crippen LogP contribution in [0.4, 0.5) is 0 Å². The van der Waals surface area contributed by atoms with Crippen LogP contribution >= 0.6 is 11.3 Å². The van der Waals surface area contributed by atoms with Crippen molar-refractivity contribution in [2.24, 2.45) is 5.92 Å². The zero-order valence-corrected chi connectivity index (χ0v) is 10.1. The lowest BCUT2D eigenvalue weighted by Gasteiger charge is -2.00. The van der Waals surface area contributed by atoms with Crippen LogP contribution in [-0.2, 0) is 22.6 Å². The number of hydrogen-bond donors (Lipinski definition) is 0. The Labute approximate surface area is 102 Å². The summed E-state index contributed by atoms with van der Waals surface area (Å²) in [5, 5.41) is 13.2. The molecule has 0 aliphatic heterocycles. The summed E-state index contributed by atoms with van der Waals surface area (Å²) in [5.41, 5.74) is 0.707. The highest BCUT2D eigenvalue weighted by atomic mass is 32.1. The maximum absolute atomic E-state index is 11.4. The van der Waals surface area contributed by atoms with Gasteiger partial charge in [0.1, 0.15) is 12.5 Å². The number of aromatic nitrogens is 1. The second-order valence-electron chi connectivity index (χ2n) is 3.89. The Morgan fingerprint density at radius 1 is 1.76 bits per heavy atom. The van der Waals surface area contributed by atoms with Gasteiger partial charge in [0.15, 0.2) is 0 Å². The Kier molecular flexibility index (Phi) is 3.37. The molecule has 0 unspecified atom stereocenters. The van der Waals surface area contributed by atoms with Crippen LogP contribution in [0.5, 0.6) is 0 Å². The van der Waals surface area contributed by atoms with Gasteiger partial charge in [0.2, 0.25) is 6.04 Å². The quantitative estimate of drug-likeness (QED) is 0.452. The average molecular weight is 256 g/mol. The number of esters is 1. The second-order valence-corrected chi connectivity index (χ2v) is 4.83. The van der Waals surface area contributed by atoms with Gasteiger partial charge >= 0.3 is 5.97 Å². The molecule has 6 nitrogen and oxygen atoms in total. The third kappa shape index (κ3) is 2.79. The number of thiazole rings is 1. The number of rotatable bonds is 5. The van der Waals surface area contributed by atoms with Crippen molar-refractivity contribution < 1.29 is 14.5 Å². The molecule has 7 heteroatoms. The van der Waals surface area contributed by atoms with Gasteiger partial charge in [0.25, 0.3) is 0 Å². The van der Waals surface area contributed by atoms with Crippen LogP contribution in [0.1, 0.15) is 24.0 Å². The molecule has 1 aliphatic rings. The molecule has 1 aliphatic carbocycles. The van der Waals surface area contributed by atoms with E-state index in [-0.39, 0.29) is 6.61 Å². The number of carbonyl (C=O) groups excluding carboxylic acids is 1. The zero-order chi connectivity index (χ0) is 12.4. The number of nitrogens with zero attached hydrogens (tertiary/aromatic N) is 2. The van der Waals surface area contributed by atoms with E-state index in [4.69, 9.17) is 4.74 Å². The fraction of sp³-hybridized carbons (Fsp3) is 0.600. The second kappa shape index (κ2) is 4.79. The standard InChI is InChI=1S/C10H12N2O4S/c1-2-9-11-6(5-17-9)4-16-10(13)7-3-8(7)12(14)15/h5,7-8H,2-4H2,1H3/t7-,8+/m0/s1. The first-order chi connectivity index (χ1) is 8.11. The van der Waals surface area contributed by atoms with Crippen LogP contribution < -0.4 is 0 Å². The van der Waals surface area contributed by atoms with E-state index in [2.05, 4.69) is 4.98 Å². The number of nitro groups is 1. The molecule has 2 atom stereocenters. The first kappa shape index (κ1) is 12.0. The monoisotopic (exact) mass is 256 g/mol. The van der Waals surface area contributed by atoms with Crippen molar-refractivity contribution in [3.8, 4) is 0 Å². The third-order valence-corrected chi connectivity index (χ3v) is 3.64. The fourth-order valence-electron chi connectivity index (χ4n) is 1.50. The lowest BCUT2D eigenvalue weighted by atomic mass is 10.4. The Morgan fingerprint density at radius 2 is 2.53 bits per heavy atom. The minimum atomic E-state index is -0.746. The maximum Gasteiger partial charge on any atom is 0.316 e. The van der Waals surface area contributed by atoms with Crippen molar-refractivity contribution in [3.05, 3.63) is 26.2 Å². The molecule has 0 spiro atoms. The number of aryl methyl sites for hydroxylation is 1. The average Bonchev–Trinajstić information content (AvgIpc) is 2.99. The molecule has 0 radical (unpaired) electrons. The van der Waals surface area contributed by atoms with E-state index in [1.165, 1.54) is 11.3 Å². The molecule has 0 aromatic carbocycles. The minimum absolute atomic E-state index is 0.107. The largest absolute Gasteiger partial charge is 0.459 e. The summed E-state index contributed by atoms with van der Waals surface area (Å²) in [4.78, 5) is 25.6. The van der Waals surface area contributed by atoms with E-state index >= 15 is 0 Å². The van der Waals surface area contributed by atoms with E-state index in [0.717, 1.165) is 11.4 Å². The number of carbonyl (C=O) groups is 1. The van der Waals surface area contributed by atoms with Crippen molar-refractivity contribution in [1.82, 2.24) is 4.98 Å². The van der Waals surface area contributed by atoms with Crippen LogP contribution in [-0.4, -0.2) is 21.9 Å². The molecule has 0 amide bonds. The molecule has 0 saturated heterocycles.